The maximum absolute atomic E-state index is 12.8. The van der Waals surface area contributed by atoms with Gasteiger partial charge in [-0.2, -0.15) is 4.89 Å². The van der Waals surface area contributed by atoms with Crippen LogP contribution in [0.15, 0.2) is 66.9 Å². The molecule has 0 spiro atoms. The lowest BCUT2D eigenvalue weighted by atomic mass is 9.93. The Bertz CT molecular complexity index is 1850. The van der Waals surface area contributed by atoms with Gasteiger partial charge in [0, 0.05) is 40.6 Å². The van der Waals surface area contributed by atoms with E-state index in [1.54, 1.807) is 29.5 Å². The van der Waals surface area contributed by atoms with E-state index < -0.39 is 5.97 Å². The molecular formula is C34H30ClN3O4S. The molecule has 9 heteroatoms. The lowest BCUT2D eigenvalue weighted by Crippen LogP contribution is -2.20. The highest BCUT2D eigenvalue weighted by Gasteiger charge is 2.27. The molecule has 0 saturated carbocycles. The molecule has 1 aliphatic rings. The van der Waals surface area contributed by atoms with Crippen molar-refractivity contribution in [2.45, 2.75) is 39.5 Å². The van der Waals surface area contributed by atoms with E-state index >= 15 is 0 Å². The number of aromatic nitrogens is 2. The van der Waals surface area contributed by atoms with Gasteiger partial charge in [0.2, 0.25) is 5.91 Å². The van der Waals surface area contributed by atoms with Crippen LogP contribution in [0.5, 0.6) is 0 Å². The van der Waals surface area contributed by atoms with E-state index in [9.17, 15) is 9.59 Å². The second-order valence-corrected chi connectivity index (χ2v) is 12.0. The third-order valence-electron chi connectivity index (χ3n) is 7.70. The highest BCUT2D eigenvalue weighted by molar-refractivity contribution is 7.22. The van der Waals surface area contributed by atoms with Gasteiger partial charge in [-0.1, -0.05) is 49.2 Å². The Balaban J connectivity index is 1.42. The number of nitrogens with zero attached hydrogens (tertiary/aromatic N) is 3. The SMILES string of the molecule is CCCCOOC(=O)Cc1c(C)cc2nc(-c3ccnc(-c4cccc5c4CC(=O)N5C)c3)sc2c1-c1ccc(Cl)cc1. The van der Waals surface area contributed by atoms with Gasteiger partial charge in [0.25, 0.3) is 0 Å². The first kappa shape index (κ1) is 29.0. The number of hydrogen-bond donors (Lipinski definition) is 0. The van der Waals surface area contributed by atoms with Crippen LogP contribution in [0, 0.1) is 6.92 Å². The molecule has 5 aromatic rings. The molecule has 0 fully saturated rings. The Morgan fingerprint density at radius 1 is 1.09 bits per heavy atom. The summed E-state index contributed by atoms with van der Waals surface area (Å²) in [5.41, 5.74) is 9.05. The van der Waals surface area contributed by atoms with E-state index in [4.69, 9.17) is 26.4 Å². The fourth-order valence-electron chi connectivity index (χ4n) is 5.42. The average Bonchev–Trinajstić information content (AvgIpc) is 3.56. The number of amides is 1. The standard InChI is InChI=1S/C34H30ClN3O4S/c1-4-5-15-41-42-31(40)19-25-20(2)16-28-33(32(25)21-9-11-23(35)12-10-21)43-34(37-28)22-13-14-36-27(17-22)24-7-6-8-29-26(24)18-30(39)38(29)3/h6-14,16-17H,4-5,15,18-19H2,1-3H3. The number of halogens is 1. The van der Waals surface area contributed by atoms with Crippen molar-refractivity contribution in [3.05, 3.63) is 88.6 Å². The molecule has 0 radical (unpaired) electrons. The zero-order valence-corrected chi connectivity index (χ0v) is 25.7. The summed E-state index contributed by atoms with van der Waals surface area (Å²) in [5.74, 6) is -0.376. The molecule has 0 aliphatic carbocycles. The lowest BCUT2D eigenvalue weighted by molar-refractivity contribution is -0.272. The first-order valence-electron chi connectivity index (χ1n) is 14.2. The summed E-state index contributed by atoms with van der Waals surface area (Å²) in [7, 11) is 1.80. The molecule has 7 nitrogen and oxygen atoms in total. The van der Waals surface area contributed by atoms with Gasteiger partial charge in [0.15, 0.2) is 0 Å². The number of fused-ring (bicyclic) bond motifs is 2. The van der Waals surface area contributed by atoms with E-state index in [2.05, 4.69) is 4.98 Å². The maximum atomic E-state index is 12.8. The van der Waals surface area contributed by atoms with E-state index in [-0.39, 0.29) is 12.3 Å². The Morgan fingerprint density at radius 2 is 1.91 bits per heavy atom. The number of unbranched alkanes of at least 4 members (excludes halogenated alkanes) is 1. The molecular weight excluding hydrogens is 582 g/mol. The number of rotatable bonds is 9. The third kappa shape index (κ3) is 5.78. The minimum absolute atomic E-state index is 0.0603. The molecule has 3 heterocycles. The molecule has 0 N–H and O–H groups in total. The van der Waals surface area contributed by atoms with Crippen molar-refractivity contribution in [1.29, 1.82) is 0 Å². The number of carbonyl (C=O) groups excluding carboxylic acids is 2. The zero-order chi connectivity index (χ0) is 30.1. The maximum Gasteiger partial charge on any atom is 0.346 e. The number of pyridine rings is 1. The predicted molar refractivity (Wildman–Crippen MR) is 171 cm³/mol. The number of carbonyl (C=O) groups is 2. The van der Waals surface area contributed by atoms with Crippen molar-refractivity contribution >= 4 is 50.7 Å². The Labute approximate surface area is 259 Å². The zero-order valence-electron chi connectivity index (χ0n) is 24.1. The second-order valence-electron chi connectivity index (χ2n) is 10.6. The number of thiazole rings is 1. The second kappa shape index (κ2) is 12.2. The molecule has 1 aliphatic heterocycles. The van der Waals surface area contributed by atoms with Crippen LogP contribution in [0.2, 0.25) is 5.02 Å². The van der Waals surface area contributed by atoms with Crippen molar-refractivity contribution in [2.24, 2.45) is 0 Å². The van der Waals surface area contributed by atoms with Crippen LogP contribution in [-0.2, 0) is 32.2 Å². The van der Waals surface area contributed by atoms with Gasteiger partial charge in [-0.25, -0.2) is 9.78 Å². The van der Waals surface area contributed by atoms with Crippen LogP contribution in [0.3, 0.4) is 0 Å². The number of hydrogen-bond acceptors (Lipinski definition) is 7. The van der Waals surface area contributed by atoms with Gasteiger partial charge in [0.1, 0.15) is 5.01 Å². The Hall–Kier alpha value is -4.11. The van der Waals surface area contributed by atoms with Crippen LogP contribution in [-0.4, -0.2) is 35.5 Å². The first-order chi connectivity index (χ1) is 20.8. The van der Waals surface area contributed by atoms with Crippen LogP contribution in [0.1, 0.15) is 36.5 Å². The normalized spacial score (nSPS) is 12.7. The Morgan fingerprint density at radius 3 is 2.70 bits per heavy atom. The predicted octanol–water partition coefficient (Wildman–Crippen LogP) is 7.99. The summed E-state index contributed by atoms with van der Waals surface area (Å²) in [4.78, 5) is 46.9. The molecule has 0 bridgehead atoms. The molecule has 218 valence electrons. The summed E-state index contributed by atoms with van der Waals surface area (Å²) >= 11 is 7.79. The van der Waals surface area contributed by atoms with Crippen molar-refractivity contribution in [3.63, 3.8) is 0 Å². The lowest BCUT2D eigenvalue weighted by Gasteiger charge is -2.14. The van der Waals surface area contributed by atoms with Gasteiger partial charge >= 0.3 is 5.97 Å². The highest BCUT2D eigenvalue weighted by atomic mass is 35.5. The van der Waals surface area contributed by atoms with Crippen molar-refractivity contribution < 1.29 is 19.4 Å². The number of aryl methyl sites for hydroxylation is 1. The molecule has 0 unspecified atom stereocenters. The monoisotopic (exact) mass is 611 g/mol. The minimum Gasteiger partial charge on any atom is -0.315 e. The summed E-state index contributed by atoms with van der Waals surface area (Å²) in [6.45, 7) is 4.40. The number of benzene rings is 3. The van der Waals surface area contributed by atoms with E-state index in [0.29, 0.717) is 18.1 Å². The van der Waals surface area contributed by atoms with Crippen molar-refractivity contribution in [3.8, 4) is 33.0 Å². The van der Waals surface area contributed by atoms with Crippen LogP contribution in [0.4, 0.5) is 5.69 Å². The minimum atomic E-state index is -0.447. The molecule has 2 aromatic heterocycles. The fourth-order valence-corrected chi connectivity index (χ4v) is 6.68. The molecule has 6 rings (SSSR count). The van der Waals surface area contributed by atoms with Crippen LogP contribution in [0.25, 0.3) is 43.2 Å². The van der Waals surface area contributed by atoms with Crippen LogP contribution >= 0.6 is 22.9 Å². The van der Waals surface area contributed by atoms with E-state index in [1.807, 2.05) is 74.5 Å². The topological polar surface area (TPSA) is 81.6 Å². The Kier molecular flexibility index (Phi) is 8.25. The first-order valence-corrected chi connectivity index (χ1v) is 15.4. The van der Waals surface area contributed by atoms with E-state index in [0.717, 1.165) is 78.4 Å². The smallest absolute Gasteiger partial charge is 0.315 e. The van der Waals surface area contributed by atoms with E-state index in [1.165, 1.54) is 0 Å². The van der Waals surface area contributed by atoms with Gasteiger partial charge in [-0.15, -0.1) is 11.3 Å². The third-order valence-corrected chi connectivity index (χ3v) is 9.09. The van der Waals surface area contributed by atoms with Gasteiger partial charge in [-0.05, 0) is 72.0 Å². The summed E-state index contributed by atoms with van der Waals surface area (Å²) in [6.07, 6.45) is 3.96. The summed E-state index contributed by atoms with van der Waals surface area (Å²) < 4.78 is 0.962. The van der Waals surface area contributed by atoms with Crippen LogP contribution < -0.4 is 4.90 Å². The highest BCUT2D eigenvalue weighted by Crippen LogP contribution is 2.42. The number of likely N-dealkylation sites (N-methyl/N-ethyl adjacent to an activating group) is 1. The quantitative estimate of drug-likeness (QED) is 0.0954. The molecule has 0 atom stereocenters. The molecule has 3 aromatic carbocycles. The van der Waals surface area contributed by atoms with Gasteiger partial charge < -0.3 is 4.90 Å². The van der Waals surface area contributed by atoms with Crippen molar-refractivity contribution in [1.82, 2.24) is 9.97 Å². The van der Waals surface area contributed by atoms with Gasteiger partial charge in [0.05, 0.1) is 35.4 Å². The average molecular weight is 612 g/mol. The summed E-state index contributed by atoms with van der Waals surface area (Å²) in [6, 6.07) is 19.5. The van der Waals surface area contributed by atoms with Gasteiger partial charge in [-0.3, -0.25) is 14.7 Å². The summed E-state index contributed by atoms with van der Waals surface area (Å²) in [5, 5.41) is 1.46. The largest absolute Gasteiger partial charge is 0.346 e. The molecule has 0 saturated heterocycles. The molecule has 43 heavy (non-hydrogen) atoms. The van der Waals surface area contributed by atoms with Crippen molar-refractivity contribution in [2.75, 3.05) is 18.6 Å². The molecule has 1 amide bonds. The fraction of sp³-hybridized carbons (Fsp3) is 0.235. The number of anilines is 1.